The lowest BCUT2D eigenvalue weighted by Gasteiger charge is -2.13. The Morgan fingerprint density at radius 2 is 2.05 bits per heavy atom. The molecule has 0 fully saturated rings. The molecule has 0 aliphatic heterocycles. The van der Waals surface area contributed by atoms with Gasteiger partial charge >= 0.3 is 0 Å². The van der Waals surface area contributed by atoms with Crippen molar-refractivity contribution in [3.63, 3.8) is 0 Å². The molecule has 1 atom stereocenters. The zero-order valence-electron chi connectivity index (χ0n) is 13.0. The van der Waals surface area contributed by atoms with E-state index in [1.165, 1.54) is 16.8 Å². The van der Waals surface area contributed by atoms with E-state index in [1.54, 1.807) is 7.11 Å². The smallest absolute Gasteiger partial charge is 0.133 e. The fraction of sp³-hybridized carbons (Fsp3) is 0.438. The van der Waals surface area contributed by atoms with Gasteiger partial charge in [-0.05, 0) is 65.9 Å². The highest BCUT2D eigenvalue weighted by Crippen LogP contribution is 2.26. The molecule has 5 heteroatoms. The predicted octanol–water partition coefficient (Wildman–Crippen LogP) is 2.92. The van der Waals surface area contributed by atoms with E-state index in [-0.39, 0.29) is 6.04 Å². The molecule has 1 unspecified atom stereocenters. The van der Waals surface area contributed by atoms with Crippen LogP contribution in [-0.2, 0) is 19.9 Å². The summed E-state index contributed by atoms with van der Waals surface area (Å²) >= 11 is 3.51. The number of halogens is 1. The van der Waals surface area contributed by atoms with Crippen LogP contribution >= 0.6 is 15.9 Å². The first-order chi connectivity index (χ1) is 9.92. The number of aromatic nitrogens is 2. The SMILES string of the molecule is COc1ccc(CC(N)Cc2c(C)nn(C)c2C)cc1Br. The summed E-state index contributed by atoms with van der Waals surface area (Å²) < 4.78 is 8.13. The maximum atomic E-state index is 6.32. The van der Waals surface area contributed by atoms with Crippen LogP contribution in [0.1, 0.15) is 22.5 Å². The number of ether oxygens (including phenoxy) is 1. The number of benzene rings is 1. The van der Waals surface area contributed by atoms with Crippen molar-refractivity contribution in [2.24, 2.45) is 12.8 Å². The second-order valence-corrected chi connectivity index (χ2v) is 6.26. The first kappa shape index (κ1) is 16.0. The molecule has 21 heavy (non-hydrogen) atoms. The Balaban J connectivity index is 2.08. The molecule has 0 spiro atoms. The Labute approximate surface area is 134 Å². The minimum absolute atomic E-state index is 0.0758. The van der Waals surface area contributed by atoms with Crippen LogP contribution in [0.5, 0.6) is 5.75 Å². The molecule has 2 N–H and O–H groups in total. The maximum Gasteiger partial charge on any atom is 0.133 e. The van der Waals surface area contributed by atoms with Gasteiger partial charge in [-0.25, -0.2) is 0 Å². The Morgan fingerprint density at radius 1 is 1.33 bits per heavy atom. The van der Waals surface area contributed by atoms with E-state index in [4.69, 9.17) is 10.5 Å². The molecule has 0 bridgehead atoms. The number of methoxy groups -OCH3 is 1. The summed E-state index contributed by atoms with van der Waals surface area (Å²) in [6.07, 6.45) is 1.67. The maximum absolute atomic E-state index is 6.32. The third-order valence-electron chi connectivity index (χ3n) is 3.84. The number of rotatable bonds is 5. The van der Waals surface area contributed by atoms with Gasteiger partial charge in [-0.15, -0.1) is 0 Å². The number of nitrogens with zero attached hydrogens (tertiary/aromatic N) is 2. The lowest BCUT2D eigenvalue weighted by atomic mass is 9.98. The molecule has 0 aliphatic carbocycles. The number of aryl methyl sites for hydroxylation is 2. The first-order valence-corrected chi connectivity index (χ1v) is 7.78. The van der Waals surface area contributed by atoms with Crippen molar-refractivity contribution in [3.05, 3.63) is 45.2 Å². The van der Waals surface area contributed by atoms with Gasteiger partial charge in [-0.2, -0.15) is 5.10 Å². The summed E-state index contributed by atoms with van der Waals surface area (Å²) in [5.74, 6) is 0.839. The van der Waals surface area contributed by atoms with Crippen molar-refractivity contribution < 1.29 is 4.74 Å². The van der Waals surface area contributed by atoms with E-state index in [1.807, 2.05) is 24.7 Å². The summed E-state index contributed by atoms with van der Waals surface area (Å²) in [6.45, 7) is 4.13. The van der Waals surface area contributed by atoms with Crippen molar-refractivity contribution in [3.8, 4) is 5.75 Å². The standard InChI is InChI=1S/C16H22BrN3O/c1-10-14(11(2)20(3)19-10)9-13(18)7-12-5-6-16(21-4)15(17)8-12/h5-6,8,13H,7,9,18H2,1-4H3. The molecule has 2 rings (SSSR count). The van der Waals surface area contributed by atoms with Crippen LogP contribution in [0.4, 0.5) is 0 Å². The molecule has 1 aromatic heterocycles. The summed E-state index contributed by atoms with van der Waals surface area (Å²) in [7, 11) is 3.64. The minimum Gasteiger partial charge on any atom is -0.496 e. The van der Waals surface area contributed by atoms with Gasteiger partial charge in [-0.3, -0.25) is 4.68 Å². The predicted molar refractivity (Wildman–Crippen MR) is 88.8 cm³/mol. The average Bonchev–Trinajstić information content (AvgIpc) is 2.65. The highest BCUT2D eigenvalue weighted by Gasteiger charge is 2.14. The zero-order valence-corrected chi connectivity index (χ0v) is 14.6. The Hall–Kier alpha value is -1.33. The molecule has 4 nitrogen and oxygen atoms in total. The Bertz CT molecular complexity index is 637. The highest BCUT2D eigenvalue weighted by atomic mass is 79.9. The zero-order chi connectivity index (χ0) is 15.6. The van der Waals surface area contributed by atoms with E-state index in [0.29, 0.717) is 0 Å². The van der Waals surface area contributed by atoms with Crippen molar-refractivity contribution in [1.29, 1.82) is 0 Å². The number of hydrogen-bond acceptors (Lipinski definition) is 3. The summed E-state index contributed by atoms with van der Waals surface area (Å²) in [6, 6.07) is 6.17. The van der Waals surface area contributed by atoms with Crippen LogP contribution in [0.2, 0.25) is 0 Å². The molecule has 1 aromatic carbocycles. The Kier molecular flexibility index (Phi) is 5.06. The van der Waals surface area contributed by atoms with Gasteiger partial charge in [0.1, 0.15) is 5.75 Å². The van der Waals surface area contributed by atoms with Crippen molar-refractivity contribution in [2.75, 3.05) is 7.11 Å². The van der Waals surface area contributed by atoms with Crippen LogP contribution in [0.15, 0.2) is 22.7 Å². The second-order valence-electron chi connectivity index (χ2n) is 5.41. The molecule has 0 radical (unpaired) electrons. The van der Waals surface area contributed by atoms with Crippen LogP contribution in [0.3, 0.4) is 0 Å². The van der Waals surface area contributed by atoms with Gasteiger partial charge < -0.3 is 10.5 Å². The summed E-state index contributed by atoms with van der Waals surface area (Å²) in [5.41, 5.74) is 11.1. The molecular formula is C16H22BrN3O. The largest absolute Gasteiger partial charge is 0.496 e. The fourth-order valence-electron chi connectivity index (χ4n) is 2.59. The molecule has 114 valence electrons. The van der Waals surface area contributed by atoms with E-state index >= 15 is 0 Å². The van der Waals surface area contributed by atoms with Crippen LogP contribution < -0.4 is 10.5 Å². The van der Waals surface area contributed by atoms with Gasteiger partial charge in [-0.1, -0.05) is 6.07 Å². The van der Waals surface area contributed by atoms with Crippen LogP contribution in [-0.4, -0.2) is 22.9 Å². The van der Waals surface area contributed by atoms with Gasteiger partial charge in [0.2, 0.25) is 0 Å². The average molecular weight is 352 g/mol. The van der Waals surface area contributed by atoms with Gasteiger partial charge in [0.25, 0.3) is 0 Å². The van der Waals surface area contributed by atoms with E-state index in [0.717, 1.165) is 28.8 Å². The molecule has 0 saturated heterocycles. The second kappa shape index (κ2) is 6.62. The van der Waals surface area contributed by atoms with Gasteiger partial charge in [0, 0.05) is 18.8 Å². The molecule has 2 aromatic rings. The van der Waals surface area contributed by atoms with Gasteiger partial charge in [0.15, 0.2) is 0 Å². The molecule has 0 aliphatic rings. The normalized spacial score (nSPS) is 12.5. The van der Waals surface area contributed by atoms with Crippen LogP contribution in [0.25, 0.3) is 0 Å². The number of hydrogen-bond donors (Lipinski definition) is 1. The number of nitrogens with two attached hydrogens (primary N) is 1. The summed E-state index contributed by atoms with van der Waals surface area (Å²) in [4.78, 5) is 0. The van der Waals surface area contributed by atoms with E-state index in [9.17, 15) is 0 Å². The first-order valence-electron chi connectivity index (χ1n) is 6.99. The fourth-order valence-corrected chi connectivity index (χ4v) is 3.17. The lowest BCUT2D eigenvalue weighted by molar-refractivity contribution is 0.412. The quantitative estimate of drug-likeness (QED) is 0.900. The summed E-state index contributed by atoms with van der Waals surface area (Å²) in [5, 5.41) is 4.44. The molecule has 0 amide bonds. The minimum atomic E-state index is 0.0758. The lowest BCUT2D eigenvalue weighted by Crippen LogP contribution is -2.26. The van der Waals surface area contributed by atoms with Gasteiger partial charge in [0.05, 0.1) is 17.3 Å². The van der Waals surface area contributed by atoms with E-state index < -0.39 is 0 Å². The van der Waals surface area contributed by atoms with Crippen LogP contribution in [0, 0.1) is 13.8 Å². The highest BCUT2D eigenvalue weighted by molar-refractivity contribution is 9.10. The molecule has 0 saturated carbocycles. The topological polar surface area (TPSA) is 53.1 Å². The Morgan fingerprint density at radius 3 is 2.57 bits per heavy atom. The van der Waals surface area contributed by atoms with Crippen molar-refractivity contribution in [2.45, 2.75) is 32.7 Å². The third kappa shape index (κ3) is 3.66. The van der Waals surface area contributed by atoms with Crippen molar-refractivity contribution in [1.82, 2.24) is 9.78 Å². The molecular weight excluding hydrogens is 330 g/mol. The third-order valence-corrected chi connectivity index (χ3v) is 4.46. The van der Waals surface area contributed by atoms with E-state index in [2.05, 4.69) is 40.1 Å². The van der Waals surface area contributed by atoms with Crippen molar-refractivity contribution >= 4 is 15.9 Å². The molecule has 1 heterocycles. The monoisotopic (exact) mass is 351 g/mol.